The molecule has 3 aromatic rings. The summed E-state index contributed by atoms with van der Waals surface area (Å²) in [5, 5.41) is 3.99. The van der Waals surface area contributed by atoms with Gasteiger partial charge in [-0.15, -0.1) is 0 Å². The van der Waals surface area contributed by atoms with Crippen molar-refractivity contribution in [1.29, 1.82) is 0 Å². The number of hydrogen-bond acceptors (Lipinski definition) is 5. The van der Waals surface area contributed by atoms with Gasteiger partial charge >= 0.3 is 0 Å². The number of hydrogen-bond donors (Lipinski definition) is 0. The lowest BCUT2D eigenvalue weighted by molar-refractivity contribution is 0.0285. The smallest absolute Gasteiger partial charge is 0.248 e. The number of ether oxygens (including phenoxy) is 1. The molecular formula is C20H19N3O3S. The van der Waals surface area contributed by atoms with E-state index in [1.807, 2.05) is 54.6 Å². The summed E-state index contributed by atoms with van der Waals surface area (Å²) in [6, 6.07) is 13.6. The highest BCUT2D eigenvalue weighted by Crippen LogP contribution is 2.39. The van der Waals surface area contributed by atoms with Crippen molar-refractivity contribution in [2.45, 2.75) is 17.2 Å². The van der Waals surface area contributed by atoms with E-state index < -0.39 is 15.4 Å². The number of aromatic nitrogens is 3. The maximum atomic E-state index is 12.3. The van der Waals surface area contributed by atoms with Crippen LogP contribution in [0, 0.1) is 0 Å². The Bertz CT molecular complexity index is 1160. The van der Waals surface area contributed by atoms with Crippen molar-refractivity contribution in [2.24, 2.45) is 0 Å². The lowest BCUT2D eigenvalue weighted by atomic mass is 9.84. The zero-order chi connectivity index (χ0) is 19.1. The standard InChI is InChI=1S/C20H19N3O3S/c1-26-20(11-6-9-16(14-20)15-7-4-3-5-8-15)18-13-17-10-12-21-23(17)19(22-18)27(2,24)25/h3-13H,14H2,1-2H3. The fourth-order valence-electron chi connectivity index (χ4n) is 3.35. The van der Waals surface area contributed by atoms with E-state index in [1.54, 1.807) is 19.4 Å². The molecule has 6 nitrogen and oxygen atoms in total. The second kappa shape index (κ2) is 6.44. The molecule has 0 amide bonds. The average molecular weight is 381 g/mol. The molecule has 1 unspecified atom stereocenters. The van der Waals surface area contributed by atoms with Crippen LogP contribution in [0.2, 0.25) is 0 Å². The van der Waals surface area contributed by atoms with Gasteiger partial charge in [0.1, 0.15) is 5.60 Å². The van der Waals surface area contributed by atoms with E-state index in [4.69, 9.17) is 4.74 Å². The van der Waals surface area contributed by atoms with Crippen molar-refractivity contribution in [1.82, 2.24) is 14.6 Å². The minimum atomic E-state index is -3.57. The van der Waals surface area contributed by atoms with Crippen LogP contribution in [-0.4, -0.2) is 36.4 Å². The molecular weight excluding hydrogens is 362 g/mol. The Balaban J connectivity index is 1.86. The van der Waals surface area contributed by atoms with Crippen LogP contribution < -0.4 is 0 Å². The summed E-state index contributed by atoms with van der Waals surface area (Å²) in [7, 11) is -1.95. The van der Waals surface area contributed by atoms with Crippen LogP contribution in [0.1, 0.15) is 17.7 Å². The Hall–Kier alpha value is -2.77. The summed E-state index contributed by atoms with van der Waals surface area (Å²) in [4.78, 5) is 4.45. The largest absolute Gasteiger partial charge is 0.367 e. The molecule has 0 radical (unpaired) electrons. The number of methoxy groups -OCH3 is 1. The van der Waals surface area contributed by atoms with E-state index in [0.717, 1.165) is 17.4 Å². The minimum absolute atomic E-state index is 0.0966. The average Bonchev–Trinajstić information content (AvgIpc) is 3.15. The molecule has 138 valence electrons. The Morgan fingerprint density at radius 1 is 1.19 bits per heavy atom. The molecule has 0 fully saturated rings. The Labute approximate surface area is 157 Å². The van der Waals surface area contributed by atoms with Crippen LogP contribution in [-0.2, 0) is 20.2 Å². The third-order valence-corrected chi connectivity index (χ3v) is 5.67. The van der Waals surface area contributed by atoms with Crippen molar-refractivity contribution >= 4 is 20.9 Å². The monoisotopic (exact) mass is 381 g/mol. The third kappa shape index (κ3) is 3.09. The molecule has 1 aliphatic carbocycles. The van der Waals surface area contributed by atoms with Crippen molar-refractivity contribution in [3.05, 3.63) is 78.1 Å². The van der Waals surface area contributed by atoms with Gasteiger partial charge in [-0.1, -0.05) is 42.5 Å². The number of allylic oxidation sites excluding steroid dienone is 2. The van der Waals surface area contributed by atoms with E-state index >= 15 is 0 Å². The van der Waals surface area contributed by atoms with Gasteiger partial charge in [0, 0.05) is 19.8 Å². The van der Waals surface area contributed by atoms with Gasteiger partial charge in [0.25, 0.3) is 0 Å². The summed E-state index contributed by atoms with van der Waals surface area (Å²) in [5.41, 5.74) is 2.52. The Morgan fingerprint density at radius 3 is 2.67 bits per heavy atom. The van der Waals surface area contributed by atoms with Crippen LogP contribution >= 0.6 is 0 Å². The molecule has 4 rings (SSSR count). The topological polar surface area (TPSA) is 73.6 Å². The van der Waals surface area contributed by atoms with Crippen molar-refractivity contribution < 1.29 is 13.2 Å². The van der Waals surface area contributed by atoms with Crippen molar-refractivity contribution in [3.8, 4) is 0 Å². The number of benzene rings is 1. The molecule has 1 atom stereocenters. The summed E-state index contributed by atoms with van der Waals surface area (Å²) >= 11 is 0. The molecule has 1 aliphatic rings. The van der Waals surface area contributed by atoms with E-state index in [1.165, 1.54) is 4.52 Å². The predicted molar refractivity (Wildman–Crippen MR) is 103 cm³/mol. The SMILES string of the molecule is COC1(c2cc3ccnn3c(S(C)(=O)=O)n2)C=CC=C(c2ccccc2)C1. The van der Waals surface area contributed by atoms with Crippen molar-refractivity contribution in [2.75, 3.05) is 13.4 Å². The Kier molecular flexibility index (Phi) is 4.20. The molecule has 0 saturated heterocycles. The lowest BCUT2D eigenvalue weighted by Gasteiger charge is -2.32. The van der Waals surface area contributed by atoms with Gasteiger partial charge in [0.15, 0.2) is 0 Å². The van der Waals surface area contributed by atoms with E-state index in [2.05, 4.69) is 10.1 Å². The molecule has 7 heteroatoms. The summed E-state index contributed by atoms with van der Waals surface area (Å²) in [6.07, 6.45) is 9.12. The van der Waals surface area contributed by atoms with Gasteiger partial charge in [-0.25, -0.2) is 17.9 Å². The van der Waals surface area contributed by atoms with Crippen LogP contribution in [0.15, 0.2) is 72.0 Å². The van der Waals surface area contributed by atoms with Crippen LogP contribution in [0.25, 0.3) is 11.1 Å². The number of fused-ring (bicyclic) bond motifs is 1. The first kappa shape index (κ1) is 17.6. The number of nitrogens with zero attached hydrogens (tertiary/aromatic N) is 3. The van der Waals surface area contributed by atoms with Gasteiger partial charge in [-0.2, -0.15) is 5.10 Å². The highest BCUT2D eigenvalue weighted by atomic mass is 32.2. The maximum Gasteiger partial charge on any atom is 0.248 e. The van der Waals surface area contributed by atoms with Gasteiger partial charge < -0.3 is 4.74 Å². The lowest BCUT2D eigenvalue weighted by Crippen LogP contribution is -2.30. The maximum absolute atomic E-state index is 12.3. The fraction of sp³-hybridized carbons (Fsp3) is 0.200. The van der Waals surface area contributed by atoms with Crippen LogP contribution in [0.3, 0.4) is 0 Å². The highest BCUT2D eigenvalue weighted by molar-refractivity contribution is 7.90. The second-order valence-corrected chi connectivity index (χ2v) is 8.46. The van der Waals surface area contributed by atoms with Crippen molar-refractivity contribution in [3.63, 3.8) is 0 Å². The molecule has 0 spiro atoms. The van der Waals surface area contributed by atoms with Gasteiger partial charge in [-0.3, -0.25) is 0 Å². The molecule has 27 heavy (non-hydrogen) atoms. The van der Waals surface area contributed by atoms with Gasteiger partial charge in [0.05, 0.1) is 17.4 Å². The third-order valence-electron chi connectivity index (χ3n) is 4.74. The number of rotatable bonds is 4. The predicted octanol–water partition coefficient (Wildman–Crippen LogP) is 3.02. The second-order valence-electron chi connectivity index (χ2n) is 6.55. The molecule has 1 aromatic carbocycles. The first-order valence-electron chi connectivity index (χ1n) is 8.47. The first-order chi connectivity index (χ1) is 12.9. The summed E-state index contributed by atoms with van der Waals surface area (Å²) in [5.74, 6) is 0. The molecule has 2 aromatic heterocycles. The van der Waals surface area contributed by atoms with E-state index in [9.17, 15) is 8.42 Å². The van der Waals surface area contributed by atoms with Gasteiger partial charge in [0.2, 0.25) is 15.0 Å². The molecule has 0 bridgehead atoms. The first-order valence-corrected chi connectivity index (χ1v) is 10.4. The quantitative estimate of drug-likeness (QED) is 0.650. The minimum Gasteiger partial charge on any atom is -0.367 e. The van der Waals surface area contributed by atoms with Crippen LogP contribution in [0.4, 0.5) is 0 Å². The molecule has 0 saturated carbocycles. The normalized spacial score (nSPS) is 20.0. The number of sulfone groups is 1. The summed E-state index contributed by atoms with van der Waals surface area (Å²) in [6.45, 7) is 0. The molecule has 0 N–H and O–H groups in total. The van der Waals surface area contributed by atoms with Crippen LogP contribution in [0.5, 0.6) is 0 Å². The highest BCUT2D eigenvalue weighted by Gasteiger charge is 2.35. The molecule has 2 heterocycles. The van der Waals surface area contributed by atoms with E-state index in [0.29, 0.717) is 17.6 Å². The Morgan fingerprint density at radius 2 is 1.96 bits per heavy atom. The van der Waals surface area contributed by atoms with Gasteiger partial charge in [-0.05, 0) is 29.3 Å². The zero-order valence-electron chi connectivity index (χ0n) is 15.0. The summed E-state index contributed by atoms with van der Waals surface area (Å²) < 4.78 is 31.8. The molecule has 0 aliphatic heterocycles. The zero-order valence-corrected chi connectivity index (χ0v) is 15.8. The van der Waals surface area contributed by atoms with E-state index in [-0.39, 0.29) is 5.16 Å². The fourth-order valence-corrected chi connectivity index (χ4v) is 4.08.